The Hall–Kier alpha value is -3.96. The SMILES string of the molecule is C[n+]1ccc(-c2c3nc(c(-c4cc[n+](C)cc4)c4[n-]c(c(Cl)c4Cl)c(-c4cc[n+](C)cc4)c4nc(c(-c5cc[n+](C)cc5)c5[n-]c2c(Cl)c5Cl)C(Cl)=C4Cl)C(Cl)=C3Cl)cc1.[Mn+3]. The van der Waals surface area contributed by atoms with Crippen LogP contribution in [0.5, 0.6) is 0 Å². The summed E-state index contributed by atoms with van der Waals surface area (Å²) in [4.78, 5) is 20.9. The van der Waals surface area contributed by atoms with Crippen molar-refractivity contribution in [2.45, 2.75) is 0 Å². The number of hydrogen-bond donors (Lipinski definition) is 0. The average Bonchev–Trinajstić information content (AvgIpc) is 3.89. The standard InChI is InChI=1S/C44H28Cl8N8.Mn/c1-57-13-5-21(6-14-57)25-37-29(45)31(47)39(53-37)26(22-7-15-58(2)16-8-22)41-33(49)35(51)43(55-41)28(24-11-19-60(4)20-12-24)44-36(52)34(50)42(56-44)27(23-9-17-59(3)18-10-23)40-32(48)30(46)38(25)54-40;/h5-20H,1-4H3;/q+2;+3. The number of fused-ring (bicyclic) bond motifs is 8. The van der Waals surface area contributed by atoms with Crippen LogP contribution in [0.4, 0.5) is 0 Å². The summed E-state index contributed by atoms with van der Waals surface area (Å²) in [7, 11) is 7.64. The molecular weight excluding hydrogens is 979 g/mol. The monoisotopic (exact) mass is 1000 g/mol. The second-order valence-corrected chi connectivity index (χ2v) is 17.3. The van der Waals surface area contributed by atoms with Crippen LogP contribution in [0, 0.1) is 0 Å². The third-order valence-electron chi connectivity index (χ3n) is 10.3. The van der Waals surface area contributed by atoms with Gasteiger partial charge >= 0.3 is 17.1 Å². The van der Waals surface area contributed by atoms with E-state index in [2.05, 4.69) is 0 Å². The molecule has 302 valence electrons. The number of rotatable bonds is 4. The summed E-state index contributed by atoms with van der Waals surface area (Å²) >= 11 is 58.4. The van der Waals surface area contributed by atoms with Gasteiger partial charge in [-0.1, -0.05) is 92.8 Å². The Kier molecular flexibility index (Phi) is 12.1. The molecule has 0 spiro atoms. The minimum atomic E-state index is 0. The smallest absolute Gasteiger partial charge is 0.654 e. The van der Waals surface area contributed by atoms with Crippen molar-refractivity contribution in [3.63, 3.8) is 0 Å². The summed E-state index contributed by atoms with van der Waals surface area (Å²) in [6, 6.07) is 15.2. The topological polar surface area (TPSA) is 69.5 Å². The quantitative estimate of drug-likeness (QED) is 0.130. The molecule has 0 saturated heterocycles. The summed E-state index contributed by atoms with van der Waals surface area (Å²) in [6.45, 7) is 0. The Morgan fingerprint density at radius 2 is 0.525 bits per heavy atom. The van der Waals surface area contributed by atoms with Crippen molar-refractivity contribution in [1.29, 1.82) is 0 Å². The molecular formula is C44H28Cl8MnN8+5. The Morgan fingerprint density at radius 1 is 0.344 bits per heavy atom. The van der Waals surface area contributed by atoms with Crippen LogP contribution >= 0.6 is 92.8 Å². The molecule has 8 bridgehead atoms. The van der Waals surface area contributed by atoms with E-state index in [0.29, 0.717) is 89.4 Å². The van der Waals surface area contributed by atoms with Crippen LogP contribution in [-0.4, -0.2) is 9.97 Å². The minimum Gasteiger partial charge on any atom is -0.654 e. The van der Waals surface area contributed by atoms with E-state index >= 15 is 0 Å². The van der Waals surface area contributed by atoms with Gasteiger partial charge in [0.1, 0.15) is 28.2 Å². The van der Waals surface area contributed by atoms with Gasteiger partial charge in [0, 0.05) is 68.6 Å². The van der Waals surface area contributed by atoms with Crippen molar-refractivity contribution < 1.29 is 35.3 Å². The Balaban J connectivity index is 0.00000514. The maximum absolute atomic E-state index is 7.30. The molecule has 0 N–H and O–H groups in total. The first kappa shape index (κ1) is 43.7. The van der Waals surface area contributed by atoms with Gasteiger partial charge in [-0.25, -0.2) is 28.2 Å². The number of hydrogen-bond acceptors (Lipinski definition) is 2. The number of aryl methyl sites for hydroxylation is 4. The van der Waals surface area contributed by atoms with Crippen molar-refractivity contribution in [2.24, 2.45) is 28.2 Å². The van der Waals surface area contributed by atoms with Gasteiger partial charge in [-0.05, 0) is 44.5 Å². The third kappa shape index (κ3) is 7.47. The van der Waals surface area contributed by atoms with Gasteiger partial charge < -0.3 is 9.97 Å². The zero-order valence-corrected chi connectivity index (χ0v) is 39.4. The second kappa shape index (κ2) is 17.0. The predicted octanol–water partition coefficient (Wildman–Crippen LogP) is 10.8. The molecule has 0 saturated carbocycles. The molecule has 17 heteroatoms. The van der Waals surface area contributed by atoms with Crippen LogP contribution in [-0.2, 0) is 45.3 Å². The average molecular weight is 1010 g/mol. The molecule has 2 aliphatic heterocycles. The maximum Gasteiger partial charge on any atom is 3.00 e. The molecule has 7 aromatic rings. The molecule has 2 aliphatic rings. The molecule has 0 aliphatic carbocycles. The number of pyridine rings is 4. The van der Waals surface area contributed by atoms with E-state index in [4.69, 9.17) is 113 Å². The minimum absolute atomic E-state index is 0. The number of nitrogens with zero attached hydrogens (tertiary/aromatic N) is 8. The largest absolute Gasteiger partial charge is 3.00 e. The van der Waals surface area contributed by atoms with Crippen LogP contribution in [0.3, 0.4) is 0 Å². The van der Waals surface area contributed by atoms with Gasteiger partial charge in [0.15, 0.2) is 49.6 Å². The first-order valence-electron chi connectivity index (χ1n) is 18.1. The summed E-state index contributed by atoms with van der Waals surface area (Å²) in [5, 5.41) is 1.15. The van der Waals surface area contributed by atoms with E-state index in [9.17, 15) is 0 Å². The second-order valence-electron chi connectivity index (χ2n) is 14.3. The van der Waals surface area contributed by atoms with E-state index in [1.54, 1.807) is 0 Å². The zero-order valence-electron chi connectivity index (χ0n) is 32.2. The molecule has 0 aromatic carbocycles. The van der Waals surface area contributed by atoms with E-state index in [-0.39, 0.29) is 57.3 Å². The molecule has 9 heterocycles. The number of halogens is 8. The van der Waals surface area contributed by atoms with E-state index < -0.39 is 0 Å². The molecule has 0 fully saturated rings. The maximum atomic E-state index is 7.30. The molecule has 0 amide bonds. The molecule has 0 radical (unpaired) electrons. The van der Waals surface area contributed by atoms with Crippen molar-refractivity contribution in [2.75, 3.05) is 0 Å². The van der Waals surface area contributed by atoms with Crippen LogP contribution in [0.1, 0.15) is 22.8 Å². The molecule has 61 heavy (non-hydrogen) atoms. The fraction of sp³-hybridized carbons (Fsp3) is 0.0909. The molecule has 8 nitrogen and oxygen atoms in total. The fourth-order valence-electron chi connectivity index (χ4n) is 7.21. The van der Waals surface area contributed by atoms with Crippen LogP contribution < -0.4 is 28.2 Å². The van der Waals surface area contributed by atoms with Crippen LogP contribution in [0.2, 0.25) is 20.1 Å². The van der Waals surface area contributed by atoms with Crippen LogP contribution in [0.25, 0.3) is 86.7 Å². The summed E-state index contributed by atoms with van der Waals surface area (Å²) in [5.74, 6) is 0. The van der Waals surface area contributed by atoms with Crippen molar-refractivity contribution in [3.05, 3.63) is 141 Å². The molecule has 7 aromatic heterocycles. The molecule has 9 rings (SSSR count). The summed E-state index contributed by atoms with van der Waals surface area (Å²) in [6.07, 6.45) is 15.1. The van der Waals surface area contributed by atoms with Crippen molar-refractivity contribution in [3.8, 4) is 44.5 Å². The van der Waals surface area contributed by atoms with Crippen LogP contribution in [0.15, 0.2) is 98.1 Å². The predicted molar refractivity (Wildman–Crippen MR) is 242 cm³/mol. The third-order valence-corrected chi connectivity index (χ3v) is 13.6. The normalized spacial score (nSPS) is 12.7. The summed E-state index contributed by atoms with van der Waals surface area (Å²) < 4.78 is 7.59. The van der Waals surface area contributed by atoms with Crippen molar-refractivity contribution in [1.82, 2.24) is 19.9 Å². The number of aromatic nitrogens is 8. The zero-order chi connectivity index (χ0) is 42.3. The Morgan fingerprint density at radius 3 is 0.705 bits per heavy atom. The van der Waals surface area contributed by atoms with Gasteiger partial charge in [0.2, 0.25) is 0 Å². The van der Waals surface area contributed by atoms with Gasteiger partial charge in [-0.3, -0.25) is 0 Å². The summed E-state index contributed by atoms with van der Waals surface area (Å²) in [5.41, 5.74) is 6.92. The first-order valence-corrected chi connectivity index (χ1v) is 21.2. The fourth-order valence-corrected chi connectivity index (χ4v) is 9.02. The van der Waals surface area contributed by atoms with Gasteiger partial charge in [-0.2, -0.15) is 0 Å². The van der Waals surface area contributed by atoms with Gasteiger partial charge in [-0.15, -0.1) is 22.1 Å². The first-order chi connectivity index (χ1) is 28.7. The van der Waals surface area contributed by atoms with Gasteiger partial charge in [0.25, 0.3) is 0 Å². The van der Waals surface area contributed by atoms with E-state index in [0.717, 1.165) is 0 Å². The molecule has 0 atom stereocenters. The van der Waals surface area contributed by atoms with Crippen molar-refractivity contribution >= 4 is 135 Å². The van der Waals surface area contributed by atoms with Gasteiger partial charge in [0.05, 0.1) is 42.9 Å². The van der Waals surface area contributed by atoms with E-state index in [1.807, 2.05) is 145 Å². The molecule has 0 unspecified atom stereocenters. The van der Waals surface area contributed by atoms with E-state index in [1.165, 1.54) is 0 Å². The Bertz CT molecular complexity index is 2770. The Labute approximate surface area is 400 Å².